The van der Waals surface area contributed by atoms with Crippen LogP contribution < -0.4 is 0 Å². The van der Waals surface area contributed by atoms with Crippen molar-refractivity contribution in [1.82, 2.24) is 4.90 Å². The van der Waals surface area contributed by atoms with Gasteiger partial charge >= 0.3 is 0 Å². The molecule has 1 aliphatic carbocycles. The van der Waals surface area contributed by atoms with Crippen molar-refractivity contribution in [1.29, 1.82) is 0 Å². The Hall–Kier alpha value is 0.310. The Morgan fingerprint density at radius 3 is 2.33 bits per heavy atom. The topological polar surface area (TPSA) is 3.24 Å². The zero-order valence-electron chi connectivity index (χ0n) is 12.5. The molecule has 106 valence electrons. The lowest BCUT2D eigenvalue weighted by atomic mass is 9.75. The molecule has 18 heavy (non-hydrogen) atoms. The van der Waals surface area contributed by atoms with Crippen LogP contribution in [0.25, 0.3) is 0 Å². The summed E-state index contributed by atoms with van der Waals surface area (Å²) in [7, 11) is 0. The van der Waals surface area contributed by atoms with Crippen LogP contribution in [-0.4, -0.2) is 30.3 Å². The predicted molar refractivity (Wildman–Crippen MR) is 83.4 cm³/mol. The average Bonchev–Trinajstić information content (AvgIpc) is 2.78. The SMILES string of the molecule is CC(C)(C)C1CCN(CC2(CS)CCCCC2)C1. The van der Waals surface area contributed by atoms with Gasteiger partial charge in [0.2, 0.25) is 0 Å². The van der Waals surface area contributed by atoms with Crippen LogP contribution in [0.5, 0.6) is 0 Å². The number of rotatable bonds is 3. The molecule has 1 unspecified atom stereocenters. The van der Waals surface area contributed by atoms with Gasteiger partial charge in [-0.25, -0.2) is 0 Å². The minimum atomic E-state index is 0.482. The van der Waals surface area contributed by atoms with E-state index in [4.69, 9.17) is 0 Å². The van der Waals surface area contributed by atoms with E-state index in [-0.39, 0.29) is 0 Å². The first-order valence-corrected chi connectivity index (χ1v) is 8.42. The molecule has 0 amide bonds. The van der Waals surface area contributed by atoms with E-state index in [0.717, 1.165) is 11.7 Å². The van der Waals surface area contributed by atoms with E-state index in [1.165, 1.54) is 58.2 Å². The van der Waals surface area contributed by atoms with E-state index in [2.05, 4.69) is 38.3 Å². The average molecular weight is 269 g/mol. The molecule has 1 atom stereocenters. The highest BCUT2D eigenvalue weighted by molar-refractivity contribution is 7.80. The van der Waals surface area contributed by atoms with Gasteiger partial charge in [0.1, 0.15) is 0 Å². The maximum atomic E-state index is 4.67. The molecule has 1 saturated carbocycles. The van der Waals surface area contributed by atoms with Crippen molar-refractivity contribution in [3.8, 4) is 0 Å². The standard InChI is InChI=1S/C16H31NS/c1-15(2,3)14-7-10-17(11-14)12-16(13-18)8-5-4-6-9-16/h14,18H,4-13H2,1-3H3. The number of hydrogen-bond donors (Lipinski definition) is 1. The molecular weight excluding hydrogens is 238 g/mol. The summed E-state index contributed by atoms with van der Waals surface area (Å²) >= 11 is 4.67. The van der Waals surface area contributed by atoms with E-state index in [0.29, 0.717) is 10.8 Å². The number of thiol groups is 1. The first kappa shape index (κ1) is 14.7. The van der Waals surface area contributed by atoms with Gasteiger partial charge in [-0.2, -0.15) is 12.6 Å². The Kier molecular flexibility index (Phi) is 4.70. The van der Waals surface area contributed by atoms with Gasteiger partial charge in [0, 0.05) is 13.1 Å². The highest BCUT2D eigenvalue weighted by Crippen LogP contribution is 2.40. The maximum Gasteiger partial charge on any atom is 0.00459 e. The fourth-order valence-corrected chi connectivity index (χ4v) is 4.24. The Balaban J connectivity index is 1.90. The van der Waals surface area contributed by atoms with Crippen LogP contribution in [0.4, 0.5) is 0 Å². The van der Waals surface area contributed by atoms with Crippen LogP contribution in [0, 0.1) is 16.7 Å². The molecular formula is C16H31NS. The molecule has 0 aromatic heterocycles. The number of hydrogen-bond acceptors (Lipinski definition) is 2. The van der Waals surface area contributed by atoms with Gasteiger partial charge in [0.15, 0.2) is 0 Å². The molecule has 1 saturated heterocycles. The Morgan fingerprint density at radius 1 is 1.17 bits per heavy atom. The minimum Gasteiger partial charge on any atom is -0.302 e. The third-order valence-electron chi connectivity index (χ3n) is 5.31. The third-order valence-corrected chi connectivity index (χ3v) is 5.98. The summed E-state index contributed by atoms with van der Waals surface area (Å²) in [5.74, 6) is 1.97. The van der Waals surface area contributed by atoms with E-state index in [9.17, 15) is 0 Å². The molecule has 0 bridgehead atoms. The second kappa shape index (κ2) is 5.75. The quantitative estimate of drug-likeness (QED) is 0.750. The largest absolute Gasteiger partial charge is 0.302 e. The molecule has 0 aromatic rings. The fraction of sp³-hybridized carbons (Fsp3) is 1.00. The molecule has 2 rings (SSSR count). The summed E-state index contributed by atoms with van der Waals surface area (Å²) in [6, 6.07) is 0. The molecule has 0 spiro atoms. The van der Waals surface area contributed by atoms with E-state index >= 15 is 0 Å². The fourth-order valence-electron chi connectivity index (χ4n) is 3.83. The van der Waals surface area contributed by atoms with Gasteiger partial charge in [-0.3, -0.25) is 0 Å². The van der Waals surface area contributed by atoms with Gasteiger partial charge < -0.3 is 4.90 Å². The Labute approximate surface area is 119 Å². The van der Waals surface area contributed by atoms with E-state index in [1.54, 1.807) is 0 Å². The van der Waals surface area contributed by atoms with Crippen LogP contribution in [0.1, 0.15) is 59.3 Å². The molecule has 1 heterocycles. The number of nitrogens with zero attached hydrogens (tertiary/aromatic N) is 1. The van der Waals surface area contributed by atoms with Gasteiger partial charge in [-0.1, -0.05) is 40.0 Å². The summed E-state index contributed by atoms with van der Waals surface area (Å²) in [6.45, 7) is 11.1. The van der Waals surface area contributed by atoms with E-state index in [1.807, 2.05) is 0 Å². The van der Waals surface area contributed by atoms with Crippen molar-refractivity contribution in [2.24, 2.45) is 16.7 Å². The molecule has 2 heteroatoms. The van der Waals surface area contributed by atoms with Crippen LogP contribution in [0.2, 0.25) is 0 Å². The highest BCUT2D eigenvalue weighted by atomic mass is 32.1. The number of likely N-dealkylation sites (tertiary alicyclic amines) is 1. The molecule has 0 aromatic carbocycles. The van der Waals surface area contributed by atoms with Gasteiger partial charge in [0.25, 0.3) is 0 Å². The van der Waals surface area contributed by atoms with Crippen molar-refractivity contribution in [2.45, 2.75) is 59.3 Å². The summed E-state index contributed by atoms with van der Waals surface area (Å²) in [5, 5.41) is 0. The van der Waals surface area contributed by atoms with Crippen molar-refractivity contribution >= 4 is 12.6 Å². The lowest BCUT2D eigenvalue weighted by Crippen LogP contribution is -2.40. The van der Waals surface area contributed by atoms with Gasteiger partial charge in [0.05, 0.1) is 0 Å². The van der Waals surface area contributed by atoms with Crippen molar-refractivity contribution in [3.05, 3.63) is 0 Å². The van der Waals surface area contributed by atoms with Crippen molar-refractivity contribution in [2.75, 3.05) is 25.4 Å². The zero-order valence-corrected chi connectivity index (χ0v) is 13.4. The minimum absolute atomic E-state index is 0.482. The predicted octanol–water partition coefficient (Wildman–Crippen LogP) is 4.23. The molecule has 0 radical (unpaired) electrons. The van der Waals surface area contributed by atoms with Crippen LogP contribution in [-0.2, 0) is 0 Å². The summed E-state index contributed by atoms with van der Waals surface area (Å²) < 4.78 is 0. The molecule has 0 N–H and O–H groups in total. The molecule has 1 aliphatic heterocycles. The van der Waals surface area contributed by atoms with Crippen LogP contribution in [0.15, 0.2) is 0 Å². The van der Waals surface area contributed by atoms with Gasteiger partial charge in [-0.15, -0.1) is 0 Å². The lowest BCUT2D eigenvalue weighted by molar-refractivity contribution is 0.133. The molecule has 1 nitrogen and oxygen atoms in total. The Morgan fingerprint density at radius 2 is 1.83 bits per heavy atom. The summed E-state index contributed by atoms with van der Waals surface area (Å²) in [5.41, 5.74) is 1.02. The summed E-state index contributed by atoms with van der Waals surface area (Å²) in [4.78, 5) is 2.73. The second-order valence-electron chi connectivity index (χ2n) is 7.81. The zero-order chi connectivity index (χ0) is 13.2. The normalized spacial score (nSPS) is 29.7. The smallest absolute Gasteiger partial charge is 0.00459 e. The highest BCUT2D eigenvalue weighted by Gasteiger charge is 2.37. The lowest BCUT2D eigenvalue weighted by Gasteiger charge is -2.39. The van der Waals surface area contributed by atoms with Gasteiger partial charge in [-0.05, 0) is 48.3 Å². The monoisotopic (exact) mass is 269 g/mol. The molecule has 2 aliphatic rings. The first-order chi connectivity index (χ1) is 8.45. The summed E-state index contributed by atoms with van der Waals surface area (Å²) in [6.07, 6.45) is 8.51. The first-order valence-electron chi connectivity index (χ1n) is 7.78. The second-order valence-corrected chi connectivity index (χ2v) is 8.12. The van der Waals surface area contributed by atoms with Crippen molar-refractivity contribution in [3.63, 3.8) is 0 Å². The van der Waals surface area contributed by atoms with Crippen molar-refractivity contribution < 1.29 is 0 Å². The maximum absolute atomic E-state index is 4.67. The van der Waals surface area contributed by atoms with Crippen LogP contribution in [0.3, 0.4) is 0 Å². The van der Waals surface area contributed by atoms with Crippen LogP contribution >= 0.6 is 12.6 Å². The third kappa shape index (κ3) is 3.45. The molecule has 2 fully saturated rings. The Bertz CT molecular complexity index is 263. The van der Waals surface area contributed by atoms with E-state index < -0.39 is 0 Å².